The molecule has 5 heteroatoms. The van der Waals surface area contributed by atoms with Crippen LogP contribution in [0.2, 0.25) is 0 Å². The molecule has 5 nitrogen and oxygen atoms in total. The van der Waals surface area contributed by atoms with Crippen LogP contribution in [-0.4, -0.2) is 22.9 Å². The number of aryl methyl sites for hydroxylation is 2. The fraction of sp³-hybridized carbons (Fsp3) is 0.667. The van der Waals surface area contributed by atoms with Crippen LogP contribution in [0.25, 0.3) is 0 Å². The lowest BCUT2D eigenvalue weighted by Crippen LogP contribution is -2.21. The van der Waals surface area contributed by atoms with Crippen LogP contribution in [0.1, 0.15) is 19.0 Å². The number of nitrogens with zero attached hydrogens (tertiary/aromatic N) is 3. The van der Waals surface area contributed by atoms with E-state index in [4.69, 9.17) is 10.6 Å². The molecule has 2 heterocycles. The first kappa shape index (κ1) is 9.33. The van der Waals surface area contributed by atoms with Gasteiger partial charge in [-0.15, -0.1) is 0 Å². The molecule has 2 rings (SSSR count). The van der Waals surface area contributed by atoms with E-state index in [0.717, 1.165) is 43.3 Å². The highest BCUT2D eigenvalue weighted by Gasteiger charge is 2.22. The summed E-state index contributed by atoms with van der Waals surface area (Å²) < 4.78 is 1.88. The molecular formula is C9H16N4O. The molecule has 0 aromatic carbocycles. The Morgan fingerprint density at radius 3 is 2.93 bits per heavy atom. The second-order valence-corrected chi connectivity index (χ2v) is 3.43. The Hall–Kier alpha value is -1.23. The van der Waals surface area contributed by atoms with Crippen LogP contribution in [0.15, 0.2) is 0 Å². The predicted molar refractivity (Wildman–Crippen MR) is 55.0 cm³/mol. The Kier molecular flexibility index (Phi) is 2.33. The SMILES string of the molecule is CCn1nc(C)c(N)c1N1CCCO1. The molecule has 1 aliphatic heterocycles. The molecule has 0 atom stereocenters. The number of nitrogens with two attached hydrogens (primary N) is 1. The molecule has 0 aliphatic carbocycles. The topological polar surface area (TPSA) is 56.3 Å². The van der Waals surface area contributed by atoms with Gasteiger partial charge >= 0.3 is 0 Å². The molecule has 0 saturated carbocycles. The van der Waals surface area contributed by atoms with Gasteiger partial charge in [-0.3, -0.25) is 4.84 Å². The van der Waals surface area contributed by atoms with Crippen LogP contribution in [-0.2, 0) is 11.4 Å². The largest absolute Gasteiger partial charge is 0.394 e. The van der Waals surface area contributed by atoms with Crippen molar-refractivity contribution in [3.05, 3.63) is 5.69 Å². The maximum atomic E-state index is 5.95. The van der Waals surface area contributed by atoms with Crippen LogP contribution >= 0.6 is 0 Å². The molecule has 14 heavy (non-hydrogen) atoms. The highest BCUT2D eigenvalue weighted by Crippen LogP contribution is 2.28. The average molecular weight is 196 g/mol. The molecule has 1 saturated heterocycles. The molecule has 0 radical (unpaired) electrons. The summed E-state index contributed by atoms with van der Waals surface area (Å²) in [5.74, 6) is 0.905. The molecule has 0 spiro atoms. The molecule has 0 unspecified atom stereocenters. The van der Waals surface area contributed by atoms with Crippen LogP contribution in [0, 0.1) is 6.92 Å². The quantitative estimate of drug-likeness (QED) is 0.764. The van der Waals surface area contributed by atoms with Gasteiger partial charge in [-0.2, -0.15) is 5.10 Å². The maximum Gasteiger partial charge on any atom is 0.174 e. The lowest BCUT2D eigenvalue weighted by molar-refractivity contribution is 0.164. The monoisotopic (exact) mass is 196 g/mol. The summed E-state index contributed by atoms with van der Waals surface area (Å²) in [6.07, 6.45) is 1.05. The van der Waals surface area contributed by atoms with Gasteiger partial charge in [-0.25, -0.2) is 9.75 Å². The van der Waals surface area contributed by atoms with Crippen LogP contribution < -0.4 is 10.8 Å². The highest BCUT2D eigenvalue weighted by molar-refractivity contribution is 5.65. The van der Waals surface area contributed by atoms with Crippen molar-refractivity contribution in [3.8, 4) is 0 Å². The molecule has 78 valence electrons. The number of anilines is 2. The smallest absolute Gasteiger partial charge is 0.174 e. The molecule has 1 fully saturated rings. The van der Waals surface area contributed by atoms with Gasteiger partial charge < -0.3 is 5.73 Å². The minimum Gasteiger partial charge on any atom is -0.394 e. The highest BCUT2D eigenvalue weighted by atomic mass is 16.7. The van der Waals surface area contributed by atoms with Crippen molar-refractivity contribution in [2.45, 2.75) is 26.8 Å². The minimum absolute atomic E-state index is 0.730. The third-order valence-corrected chi connectivity index (χ3v) is 2.43. The lowest BCUT2D eigenvalue weighted by Gasteiger charge is -2.17. The zero-order valence-corrected chi connectivity index (χ0v) is 8.66. The van der Waals surface area contributed by atoms with Gasteiger partial charge in [0, 0.05) is 13.1 Å². The summed E-state index contributed by atoms with van der Waals surface area (Å²) in [6.45, 7) is 6.45. The lowest BCUT2D eigenvalue weighted by atomic mass is 10.4. The van der Waals surface area contributed by atoms with Crippen molar-refractivity contribution < 1.29 is 4.84 Å². The van der Waals surface area contributed by atoms with Gasteiger partial charge in [-0.05, 0) is 20.3 Å². The molecule has 0 amide bonds. The molecule has 1 aromatic rings. The number of nitrogen functional groups attached to an aromatic ring is 1. The molecule has 1 aliphatic rings. The fourth-order valence-electron chi connectivity index (χ4n) is 1.68. The summed E-state index contributed by atoms with van der Waals surface area (Å²) in [7, 11) is 0. The normalized spacial score (nSPS) is 16.6. The Balaban J connectivity index is 2.38. The second kappa shape index (κ2) is 3.49. The van der Waals surface area contributed by atoms with E-state index in [-0.39, 0.29) is 0 Å². The fourth-order valence-corrected chi connectivity index (χ4v) is 1.68. The first-order chi connectivity index (χ1) is 6.74. The van der Waals surface area contributed by atoms with Crippen molar-refractivity contribution in [1.82, 2.24) is 9.78 Å². The van der Waals surface area contributed by atoms with E-state index in [1.165, 1.54) is 0 Å². The van der Waals surface area contributed by atoms with E-state index in [2.05, 4.69) is 5.10 Å². The van der Waals surface area contributed by atoms with E-state index in [0.29, 0.717) is 0 Å². The Labute approximate surface area is 83.4 Å². The number of hydrogen-bond donors (Lipinski definition) is 1. The van der Waals surface area contributed by atoms with E-state index in [9.17, 15) is 0 Å². The van der Waals surface area contributed by atoms with Gasteiger partial charge in [0.15, 0.2) is 5.82 Å². The van der Waals surface area contributed by atoms with Gasteiger partial charge in [0.05, 0.1) is 18.0 Å². The third kappa shape index (κ3) is 1.33. The van der Waals surface area contributed by atoms with Crippen molar-refractivity contribution in [2.75, 3.05) is 23.9 Å². The Morgan fingerprint density at radius 1 is 1.57 bits per heavy atom. The standard InChI is InChI=1S/C9H16N4O/c1-3-12-9(8(10)7(2)11-12)13-5-4-6-14-13/h3-6,10H2,1-2H3. The zero-order chi connectivity index (χ0) is 10.1. The number of hydrogen-bond acceptors (Lipinski definition) is 4. The van der Waals surface area contributed by atoms with Crippen LogP contribution in [0.5, 0.6) is 0 Å². The van der Waals surface area contributed by atoms with Gasteiger partial charge in [0.2, 0.25) is 0 Å². The molecule has 2 N–H and O–H groups in total. The van der Waals surface area contributed by atoms with Gasteiger partial charge in [0.25, 0.3) is 0 Å². The Morgan fingerprint density at radius 2 is 2.36 bits per heavy atom. The maximum absolute atomic E-state index is 5.95. The number of hydroxylamine groups is 1. The summed E-state index contributed by atoms with van der Waals surface area (Å²) >= 11 is 0. The van der Waals surface area contributed by atoms with Crippen molar-refractivity contribution in [2.24, 2.45) is 0 Å². The number of rotatable bonds is 2. The summed E-state index contributed by atoms with van der Waals surface area (Å²) in [5.41, 5.74) is 7.56. The summed E-state index contributed by atoms with van der Waals surface area (Å²) in [6, 6.07) is 0. The Bertz CT molecular complexity index is 328. The summed E-state index contributed by atoms with van der Waals surface area (Å²) in [5, 5.41) is 6.19. The summed E-state index contributed by atoms with van der Waals surface area (Å²) in [4.78, 5) is 5.47. The van der Waals surface area contributed by atoms with E-state index in [1.54, 1.807) is 0 Å². The molecular weight excluding hydrogens is 180 g/mol. The first-order valence-corrected chi connectivity index (χ1v) is 4.97. The molecule has 0 bridgehead atoms. The second-order valence-electron chi connectivity index (χ2n) is 3.43. The van der Waals surface area contributed by atoms with E-state index in [1.807, 2.05) is 23.6 Å². The van der Waals surface area contributed by atoms with Crippen molar-refractivity contribution in [1.29, 1.82) is 0 Å². The van der Waals surface area contributed by atoms with E-state index >= 15 is 0 Å². The van der Waals surface area contributed by atoms with Crippen molar-refractivity contribution in [3.63, 3.8) is 0 Å². The van der Waals surface area contributed by atoms with Crippen LogP contribution in [0.3, 0.4) is 0 Å². The molecule has 1 aromatic heterocycles. The van der Waals surface area contributed by atoms with Gasteiger partial charge in [0.1, 0.15) is 0 Å². The zero-order valence-electron chi connectivity index (χ0n) is 8.66. The van der Waals surface area contributed by atoms with E-state index < -0.39 is 0 Å². The van der Waals surface area contributed by atoms with Crippen LogP contribution in [0.4, 0.5) is 11.5 Å². The average Bonchev–Trinajstić information content (AvgIpc) is 2.76. The van der Waals surface area contributed by atoms with Crippen molar-refractivity contribution >= 4 is 11.5 Å². The first-order valence-electron chi connectivity index (χ1n) is 4.97. The third-order valence-electron chi connectivity index (χ3n) is 2.43. The number of aromatic nitrogens is 2. The van der Waals surface area contributed by atoms with Gasteiger partial charge in [-0.1, -0.05) is 0 Å². The minimum atomic E-state index is 0.730. The predicted octanol–water partition coefficient (Wildman–Crippen LogP) is 0.935.